The molecule has 0 aliphatic carbocycles. The molecule has 0 saturated carbocycles. The molecule has 0 rings (SSSR count). The standard InChI is InChI=1S/C9H24O3Si2/c1-9(2)12-13-7-6-8-14(5,10-3)11-4/h9H,6-8,13H2,1-5H3. The third-order valence-electron chi connectivity index (χ3n) is 2.34. The Hall–Kier alpha value is 0.314. The second-order valence-corrected chi connectivity index (χ2v) is 8.95. The van der Waals surface area contributed by atoms with Crippen molar-refractivity contribution in [2.45, 2.75) is 45.0 Å². The predicted molar refractivity (Wildman–Crippen MR) is 64.6 cm³/mol. The largest absolute Gasteiger partial charge is 0.422 e. The first-order valence-corrected chi connectivity index (χ1v) is 9.36. The lowest BCUT2D eigenvalue weighted by atomic mass is 10.5. The van der Waals surface area contributed by atoms with E-state index in [4.69, 9.17) is 13.3 Å². The molecule has 0 unspecified atom stereocenters. The average molecular weight is 236 g/mol. The van der Waals surface area contributed by atoms with Gasteiger partial charge in [-0.25, -0.2) is 0 Å². The van der Waals surface area contributed by atoms with Crippen LogP contribution in [0.4, 0.5) is 0 Å². The summed E-state index contributed by atoms with van der Waals surface area (Å²) in [5, 5.41) is 0. The summed E-state index contributed by atoms with van der Waals surface area (Å²) in [6.45, 7) is 6.30. The molecule has 0 fully saturated rings. The van der Waals surface area contributed by atoms with Gasteiger partial charge >= 0.3 is 8.56 Å². The molecule has 3 nitrogen and oxygen atoms in total. The van der Waals surface area contributed by atoms with Crippen molar-refractivity contribution in [2.75, 3.05) is 14.2 Å². The van der Waals surface area contributed by atoms with Gasteiger partial charge in [0.25, 0.3) is 0 Å². The van der Waals surface area contributed by atoms with Gasteiger partial charge in [0.1, 0.15) is 0 Å². The molecule has 0 amide bonds. The average Bonchev–Trinajstić information content (AvgIpc) is 2.16. The van der Waals surface area contributed by atoms with Crippen molar-refractivity contribution < 1.29 is 13.3 Å². The van der Waals surface area contributed by atoms with E-state index in [-0.39, 0.29) is 9.76 Å². The summed E-state index contributed by atoms with van der Waals surface area (Å²) >= 11 is 0. The molecule has 0 aromatic rings. The lowest BCUT2D eigenvalue weighted by Gasteiger charge is -2.22. The fraction of sp³-hybridized carbons (Fsp3) is 1.00. The summed E-state index contributed by atoms with van der Waals surface area (Å²) in [5.74, 6) is 0. The molecule has 0 aliphatic heterocycles. The van der Waals surface area contributed by atoms with Crippen LogP contribution in [0.3, 0.4) is 0 Å². The van der Waals surface area contributed by atoms with E-state index < -0.39 is 8.56 Å². The normalized spacial score (nSPS) is 13.3. The molecule has 0 aliphatic rings. The van der Waals surface area contributed by atoms with Crippen molar-refractivity contribution in [3.8, 4) is 0 Å². The van der Waals surface area contributed by atoms with Crippen LogP contribution >= 0.6 is 0 Å². The number of rotatable bonds is 8. The van der Waals surface area contributed by atoms with Gasteiger partial charge in [-0.1, -0.05) is 6.42 Å². The van der Waals surface area contributed by atoms with Crippen molar-refractivity contribution in [2.24, 2.45) is 0 Å². The summed E-state index contributed by atoms with van der Waals surface area (Å²) in [7, 11) is 1.38. The van der Waals surface area contributed by atoms with E-state index in [9.17, 15) is 0 Å². The summed E-state index contributed by atoms with van der Waals surface area (Å²) in [6.07, 6.45) is 1.58. The van der Waals surface area contributed by atoms with Gasteiger partial charge in [-0.05, 0) is 32.5 Å². The van der Waals surface area contributed by atoms with E-state index in [1.54, 1.807) is 14.2 Å². The minimum atomic E-state index is -1.81. The van der Waals surface area contributed by atoms with E-state index in [0.29, 0.717) is 6.10 Å². The second-order valence-electron chi connectivity index (χ2n) is 3.92. The predicted octanol–water partition coefficient (Wildman–Crippen LogP) is 1.67. The highest BCUT2D eigenvalue weighted by Gasteiger charge is 2.27. The number of hydrogen-bond acceptors (Lipinski definition) is 3. The Labute approximate surface area is 91.3 Å². The third kappa shape index (κ3) is 6.72. The summed E-state index contributed by atoms with van der Waals surface area (Å²) in [5.41, 5.74) is 0. The second kappa shape index (κ2) is 7.59. The van der Waals surface area contributed by atoms with Crippen molar-refractivity contribution in [3.05, 3.63) is 0 Å². The summed E-state index contributed by atoms with van der Waals surface area (Å²) in [6, 6.07) is 2.31. The first-order chi connectivity index (χ1) is 6.54. The smallest absolute Gasteiger partial charge is 0.334 e. The van der Waals surface area contributed by atoms with Crippen molar-refractivity contribution in [1.82, 2.24) is 0 Å². The lowest BCUT2D eigenvalue weighted by Crippen LogP contribution is -2.35. The van der Waals surface area contributed by atoms with Gasteiger partial charge in [-0.15, -0.1) is 0 Å². The zero-order valence-electron chi connectivity index (χ0n) is 10.1. The molecule has 0 heterocycles. The van der Waals surface area contributed by atoms with Crippen LogP contribution in [0, 0.1) is 0 Å². The van der Waals surface area contributed by atoms with Crippen LogP contribution in [0.5, 0.6) is 0 Å². The number of hydrogen-bond donors (Lipinski definition) is 0. The minimum absolute atomic E-state index is 0.309. The van der Waals surface area contributed by atoms with Crippen LogP contribution in [0.1, 0.15) is 20.3 Å². The van der Waals surface area contributed by atoms with Crippen LogP contribution < -0.4 is 0 Å². The third-order valence-corrected chi connectivity index (χ3v) is 7.02. The van der Waals surface area contributed by atoms with Gasteiger partial charge in [-0.3, -0.25) is 0 Å². The van der Waals surface area contributed by atoms with Crippen molar-refractivity contribution in [1.29, 1.82) is 0 Å². The first kappa shape index (κ1) is 14.3. The minimum Gasteiger partial charge on any atom is -0.422 e. The summed E-state index contributed by atoms with van der Waals surface area (Å²) < 4.78 is 16.4. The Balaban J connectivity index is 3.43. The Bertz CT molecular complexity index is 138. The monoisotopic (exact) mass is 236 g/mol. The van der Waals surface area contributed by atoms with E-state index in [1.165, 1.54) is 12.5 Å². The van der Waals surface area contributed by atoms with Crippen LogP contribution in [-0.4, -0.2) is 38.6 Å². The Morgan fingerprint density at radius 1 is 1.21 bits per heavy atom. The fourth-order valence-corrected chi connectivity index (χ4v) is 4.21. The highest BCUT2D eigenvalue weighted by atomic mass is 28.4. The van der Waals surface area contributed by atoms with E-state index >= 15 is 0 Å². The van der Waals surface area contributed by atoms with Gasteiger partial charge in [0.2, 0.25) is 0 Å². The van der Waals surface area contributed by atoms with Crippen LogP contribution in [0.2, 0.25) is 18.6 Å². The molecular formula is C9H24O3Si2. The molecular weight excluding hydrogens is 212 g/mol. The maximum absolute atomic E-state index is 5.60. The van der Waals surface area contributed by atoms with E-state index in [0.717, 1.165) is 6.04 Å². The molecule has 5 heteroatoms. The van der Waals surface area contributed by atoms with Gasteiger partial charge < -0.3 is 13.3 Å². The maximum atomic E-state index is 5.60. The molecule has 0 spiro atoms. The topological polar surface area (TPSA) is 27.7 Å². The Kier molecular flexibility index (Phi) is 7.76. The van der Waals surface area contributed by atoms with E-state index in [2.05, 4.69) is 20.4 Å². The SMILES string of the molecule is CO[Si](C)(CCC[SiH2]OC(C)C)OC. The van der Waals surface area contributed by atoms with Gasteiger partial charge in [0.15, 0.2) is 9.76 Å². The molecule has 0 N–H and O–H groups in total. The fourth-order valence-electron chi connectivity index (χ4n) is 1.15. The Morgan fingerprint density at radius 3 is 2.21 bits per heavy atom. The zero-order chi connectivity index (χ0) is 11.0. The van der Waals surface area contributed by atoms with Crippen molar-refractivity contribution >= 4 is 18.3 Å². The van der Waals surface area contributed by atoms with Crippen molar-refractivity contribution in [3.63, 3.8) is 0 Å². The van der Waals surface area contributed by atoms with Crippen LogP contribution in [0.15, 0.2) is 0 Å². The molecule has 0 aromatic heterocycles. The first-order valence-electron chi connectivity index (χ1n) is 5.26. The van der Waals surface area contributed by atoms with Crippen LogP contribution in [0.25, 0.3) is 0 Å². The molecule has 0 radical (unpaired) electrons. The molecule has 0 saturated heterocycles. The highest BCUT2D eigenvalue weighted by molar-refractivity contribution is 6.65. The molecule has 0 atom stereocenters. The van der Waals surface area contributed by atoms with E-state index in [1.807, 2.05) is 0 Å². The van der Waals surface area contributed by atoms with Gasteiger partial charge in [0.05, 0.1) is 0 Å². The van der Waals surface area contributed by atoms with Gasteiger partial charge in [0, 0.05) is 20.3 Å². The van der Waals surface area contributed by atoms with Crippen LogP contribution in [-0.2, 0) is 13.3 Å². The quantitative estimate of drug-likeness (QED) is 0.474. The zero-order valence-corrected chi connectivity index (χ0v) is 12.5. The Morgan fingerprint density at radius 2 is 1.79 bits per heavy atom. The lowest BCUT2D eigenvalue weighted by molar-refractivity contribution is 0.246. The highest BCUT2D eigenvalue weighted by Crippen LogP contribution is 2.15. The van der Waals surface area contributed by atoms with Gasteiger partial charge in [-0.2, -0.15) is 0 Å². The molecule has 0 bridgehead atoms. The summed E-state index contributed by atoms with van der Waals surface area (Å²) in [4.78, 5) is 0. The molecule has 0 aromatic carbocycles. The maximum Gasteiger partial charge on any atom is 0.334 e. The molecule has 86 valence electrons. The molecule has 14 heavy (non-hydrogen) atoms.